The highest BCUT2D eigenvalue weighted by atomic mass is 32.1. The first kappa shape index (κ1) is 17.8. The van der Waals surface area contributed by atoms with Crippen LogP contribution in [0.25, 0.3) is 20.8 Å². The Balaban J connectivity index is 1.50. The number of aryl methyl sites for hydroxylation is 1. The molecule has 1 aromatic heterocycles. The van der Waals surface area contributed by atoms with E-state index in [4.69, 9.17) is 0 Å². The first-order valence-corrected chi connectivity index (χ1v) is 9.35. The molecule has 6 nitrogen and oxygen atoms in total. The van der Waals surface area contributed by atoms with E-state index >= 15 is 0 Å². The molecule has 0 unspecified atom stereocenters. The maximum Gasteiger partial charge on any atom is 0.269 e. The van der Waals surface area contributed by atoms with Crippen molar-refractivity contribution in [2.75, 3.05) is 5.32 Å². The van der Waals surface area contributed by atoms with E-state index in [0.29, 0.717) is 11.3 Å². The van der Waals surface area contributed by atoms with Crippen LogP contribution in [-0.2, 0) is 0 Å². The molecule has 1 amide bonds. The summed E-state index contributed by atoms with van der Waals surface area (Å²) in [6.45, 7) is 2.04. The Bertz CT molecular complexity index is 1180. The number of anilines is 1. The van der Waals surface area contributed by atoms with Crippen molar-refractivity contribution >= 4 is 38.8 Å². The Morgan fingerprint density at radius 2 is 1.75 bits per heavy atom. The molecule has 28 heavy (non-hydrogen) atoms. The van der Waals surface area contributed by atoms with Gasteiger partial charge in [0.25, 0.3) is 11.6 Å². The molecule has 4 rings (SSSR count). The van der Waals surface area contributed by atoms with Gasteiger partial charge in [-0.15, -0.1) is 11.3 Å². The lowest BCUT2D eigenvalue weighted by Gasteiger charge is -2.06. The summed E-state index contributed by atoms with van der Waals surface area (Å²) in [5.41, 5.74) is 4.09. The molecule has 0 radical (unpaired) electrons. The molecule has 4 aromatic rings. The number of aromatic nitrogens is 1. The highest BCUT2D eigenvalue weighted by molar-refractivity contribution is 7.21. The molecule has 138 valence electrons. The summed E-state index contributed by atoms with van der Waals surface area (Å²) in [6, 6.07) is 19.2. The fraction of sp³-hybridized carbons (Fsp3) is 0.0476. The van der Waals surface area contributed by atoms with Gasteiger partial charge in [-0.3, -0.25) is 14.9 Å². The van der Waals surface area contributed by atoms with Gasteiger partial charge in [0.1, 0.15) is 5.01 Å². The fourth-order valence-electron chi connectivity index (χ4n) is 2.79. The van der Waals surface area contributed by atoms with Crippen molar-refractivity contribution in [3.05, 3.63) is 88.0 Å². The molecule has 1 N–H and O–H groups in total. The fourth-order valence-corrected chi connectivity index (χ4v) is 3.75. The summed E-state index contributed by atoms with van der Waals surface area (Å²) in [5.74, 6) is -0.321. The summed E-state index contributed by atoms with van der Waals surface area (Å²) in [5, 5.41) is 14.4. The molecule has 0 spiro atoms. The second-order valence-corrected chi connectivity index (χ2v) is 7.36. The first-order chi connectivity index (χ1) is 13.5. The number of hydrogen-bond donors (Lipinski definition) is 1. The van der Waals surface area contributed by atoms with Crippen molar-refractivity contribution in [1.29, 1.82) is 0 Å². The number of nitrogens with zero attached hydrogens (tertiary/aromatic N) is 2. The van der Waals surface area contributed by atoms with E-state index in [0.717, 1.165) is 20.8 Å². The van der Waals surface area contributed by atoms with E-state index in [1.54, 1.807) is 11.3 Å². The molecule has 0 bridgehead atoms. The minimum absolute atomic E-state index is 0.0491. The highest BCUT2D eigenvalue weighted by Crippen LogP contribution is 2.31. The lowest BCUT2D eigenvalue weighted by Crippen LogP contribution is -2.11. The molecule has 3 aromatic carbocycles. The van der Waals surface area contributed by atoms with Crippen molar-refractivity contribution in [2.45, 2.75) is 6.92 Å². The van der Waals surface area contributed by atoms with E-state index in [1.807, 2.05) is 31.2 Å². The van der Waals surface area contributed by atoms with Crippen LogP contribution in [0.15, 0.2) is 66.7 Å². The van der Waals surface area contributed by atoms with Crippen LogP contribution in [0.1, 0.15) is 15.9 Å². The molecular weight excluding hydrogens is 374 g/mol. The minimum Gasteiger partial charge on any atom is -0.322 e. The van der Waals surface area contributed by atoms with E-state index in [-0.39, 0.29) is 11.6 Å². The number of thiazole rings is 1. The number of carbonyl (C=O) groups is 1. The maximum absolute atomic E-state index is 12.3. The lowest BCUT2D eigenvalue weighted by atomic mass is 10.1. The molecule has 0 aliphatic rings. The average molecular weight is 389 g/mol. The molecule has 7 heteroatoms. The monoisotopic (exact) mass is 389 g/mol. The standard InChI is InChI=1S/C21H15N3O3S/c1-13-2-11-19-18(12-13)23-21(28-19)15-3-7-16(8-4-15)22-20(25)14-5-9-17(10-6-14)24(26)27/h2-12H,1H3,(H,22,25). The summed E-state index contributed by atoms with van der Waals surface area (Å²) >= 11 is 1.63. The third-order valence-electron chi connectivity index (χ3n) is 4.27. The predicted molar refractivity (Wildman–Crippen MR) is 111 cm³/mol. The van der Waals surface area contributed by atoms with Crippen molar-refractivity contribution in [3.8, 4) is 10.6 Å². The van der Waals surface area contributed by atoms with Gasteiger partial charge in [-0.25, -0.2) is 4.98 Å². The Kier molecular flexibility index (Phi) is 4.58. The van der Waals surface area contributed by atoms with E-state index < -0.39 is 4.92 Å². The van der Waals surface area contributed by atoms with Crippen LogP contribution in [-0.4, -0.2) is 15.8 Å². The molecule has 0 aliphatic heterocycles. The van der Waals surface area contributed by atoms with Crippen LogP contribution in [0.2, 0.25) is 0 Å². The smallest absolute Gasteiger partial charge is 0.269 e. The second-order valence-electron chi connectivity index (χ2n) is 6.33. The molecular formula is C21H15N3O3S. The van der Waals surface area contributed by atoms with Crippen LogP contribution in [0, 0.1) is 17.0 Å². The quantitative estimate of drug-likeness (QED) is 0.372. The number of non-ortho nitro benzene ring substituents is 1. The van der Waals surface area contributed by atoms with Crippen molar-refractivity contribution in [2.24, 2.45) is 0 Å². The molecule has 0 saturated carbocycles. The second kappa shape index (κ2) is 7.21. The van der Waals surface area contributed by atoms with Gasteiger partial charge in [-0.1, -0.05) is 6.07 Å². The number of benzene rings is 3. The van der Waals surface area contributed by atoms with Gasteiger partial charge < -0.3 is 5.32 Å². The third kappa shape index (κ3) is 3.60. The summed E-state index contributed by atoms with van der Waals surface area (Å²) < 4.78 is 1.14. The number of rotatable bonds is 4. The number of hydrogen-bond acceptors (Lipinski definition) is 5. The Labute approximate surface area is 164 Å². The van der Waals surface area contributed by atoms with E-state index in [1.165, 1.54) is 29.8 Å². The average Bonchev–Trinajstić information content (AvgIpc) is 3.11. The van der Waals surface area contributed by atoms with Crippen molar-refractivity contribution in [3.63, 3.8) is 0 Å². The first-order valence-electron chi connectivity index (χ1n) is 8.53. The van der Waals surface area contributed by atoms with E-state index in [9.17, 15) is 14.9 Å². The third-order valence-corrected chi connectivity index (χ3v) is 5.36. The number of nitro groups is 1. The summed E-state index contributed by atoms with van der Waals surface area (Å²) in [7, 11) is 0. The van der Waals surface area contributed by atoms with Gasteiger partial charge in [-0.2, -0.15) is 0 Å². The van der Waals surface area contributed by atoms with Crippen LogP contribution in [0.4, 0.5) is 11.4 Å². The van der Waals surface area contributed by atoms with E-state index in [2.05, 4.69) is 28.5 Å². The SMILES string of the molecule is Cc1ccc2sc(-c3ccc(NC(=O)c4ccc([N+](=O)[O-])cc4)cc3)nc2c1. The van der Waals surface area contributed by atoms with Gasteiger partial charge in [-0.05, 0) is 61.0 Å². The predicted octanol–water partition coefficient (Wildman–Crippen LogP) is 5.43. The van der Waals surface area contributed by atoms with Crippen LogP contribution < -0.4 is 5.32 Å². The number of amides is 1. The van der Waals surface area contributed by atoms with Crippen LogP contribution >= 0.6 is 11.3 Å². The van der Waals surface area contributed by atoms with Gasteiger partial charge in [0.15, 0.2) is 0 Å². The van der Waals surface area contributed by atoms with Gasteiger partial charge >= 0.3 is 0 Å². The maximum atomic E-state index is 12.3. The highest BCUT2D eigenvalue weighted by Gasteiger charge is 2.11. The number of fused-ring (bicyclic) bond motifs is 1. The summed E-state index contributed by atoms with van der Waals surface area (Å²) in [4.78, 5) is 27.2. The topological polar surface area (TPSA) is 85.1 Å². The number of nitro benzene ring substituents is 1. The summed E-state index contributed by atoms with van der Waals surface area (Å²) in [6.07, 6.45) is 0. The zero-order valence-electron chi connectivity index (χ0n) is 14.9. The lowest BCUT2D eigenvalue weighted by molar-refractivity contribution is -0.384. The number of nitrogens with one attached hydrogen (secondary N) is 1. The van der Waals surface area contributed by atoms with Gasteiger partial charge in [0.05, 0.1) is 15.1 Å². The van der Waals surface area contributed by atoms with Crippen LogP contribution in [0.3, 0.4) is 0 Å². The van der Waals surface area contributed by atoms with Crippen molar-refractivity contribution in [1.82, 2.24) is 4.98 Å². The van der Waals surface area contributed by atoms with Crippen LogP contribution in [0.5, 0.6) is 0 Å². The van der Waals surface area contributed by atoms with Gasteiger partial charge in [0, 0.05) is 28.9 Å². The molecule has 1 heterocycles. The minimum atomic E-state index is -0.496. The molecule has 0 atom stereocenters. The Hall–Kier alpha value is -3.58. The largest absolute Gasteiger partial charge is 0.322 e. The number of carbonyl (C=O) groups excluding carboxylic acids is 1. The molecule has 0 fully saturated rings. The Morgan fingerprint density at radius 3 is 2.43 bits per heavy atom. The zero-order chi connectivity index (χ0) is 19.7. The normalized spacial score (nSPS) is 10.8. The molecule has 0 aliphatic carbocycles. The van der Waals surface area contributed by atoms with Crippen molar-refractivity contribution < 1.29 is 9.72 Å². The van der Waals surface area contributed by atoms with Gasteiger partial charge in [0.2, 0.25) is 0 Å². The zero-order valence-corrected chi connectivity index (χ0v) is 15.7. The Morgan fingerprint density at radius 1 is 1.04 bits per heavy atom. The molecule has 0 saturated heterocycles.